The average Bonchev–Trinajstić information content (AvgIpc) is 2.66. The second-order valence-electron chi connectivity index (χ2n) is 4.12. The summed E-state index contributed by atoms with van der Waals surface area (Å²) in [6, 6.07) is 0. The van der Waals surface area contributed by atoms with Gasteiger partial charge in [0.15, 0.2) is 0 Å². The third-order valence-electron chi connectivity index (χ3n) is 2.44. The van der Waals surface area contributed by atoms with Crippen molar-refractivity contribution in [3.05, 3.63) is 5.82 Å². The number of H-pyrrole nitrogens is 1. The zero-order chi connectivity index (χ0) is 11.5. The second kappa shape index (κ2) is 4.35. The molecular formula is C8H16N6O. The standard InChI is InChI=1S/C8H16N6O/c1-8(2,14(3)4)5-9-7(15)6-10-12-13-11-6/h5H2,1-4H3,(H,9,15)(H,10,11,12,13). The maximum absolute atomic E-state index is 11.5. The number of carbonyl (C=O) groups excluding carboxylic acids is 1. The van der Waals surface area contributed by atoms with Crippen LogP contribution in [0.1, 0.15) is 24.5 Å². The monoisotopic (exact) mass is 212 g/mol. The van der Waals surface area contributed by atoms with Crippen LogP contribution in [-0.2, 0) is 0 Å². The van der Waals surface area contributed by atoms with Gasteiger partial charge in [-0.15, -0.1) is 10.2 Å². The predicted molar refractivity (Wildman–Crippen MR) is 54.3 cm³/mol. The molecule has 0 radical (unpaired) electrons. The third kappa shape index (κ3) is 2.98. The Morgan fingerprint density at radius 3 is 2.67 bits per heavy atom. The highest BCUT2D eigenvalue weighted by Crippen LogP contribution is 2.07. The lowest BCUT2D eigenvalue weighted by molar-refractivity contribution is 0.0909. The van der Waals surface area contributed by atoms with Gasteiger partial charge in [-0.25, -0.2) is 0 Å². The quantitative estimate of drug-likeness (QED) is 0.687. The number of tetrazole rings is 1. The van der Waals surface area contributed by atoms with E-state index in [-0.39, 0.29) is 17.3 Å². The first kappa shape index (κ1) is 11.6. The second-order valence-corrected chi connectivity index (χ2v) is 4.12. The molecule has 0 spiro atoms. The van der Waals surface area contributed by atoms with Crippen molar-refractivity contribution in [1.29, 1.82) is 0 Å². The molecule has 1 heterocycles. The van der Waals surface area contributed by atoms with Gasteiger partial charge in [-0.1, -0.05) is 0 Å². The molecule has 0 unspecified atom stereocenters. The van der Waals surface area contributed by atoms with Crippen molar-refractivity contribution in [2.75, 3.05) is 20.6 Å². The number of nitrogens with zero attached hydrogens (tertiary/aromatic N) is 4. The van der Waals surface area contributed by atoms with Crippen LogP contribution in [0.15, 0.2) is 0 Å². The van der Waals surface area contributed by atoms with E-state index < -0.39 is 0 Å². The van der Waals surface area contributed by atoms with Gasteiger partial charge in [0.1, 0.15) is 0 Å². The summed E-state index contributed by atoms with van der Waals surface area (Å²) in [6.45, 7) is 4.58. The number of hydrogen-bond donors (Lipinski definition) is 2. The number of aromatic amines is 1. The summed E-state index contributed by atoms with van der Waals surface area (Å²) in [7, 11) is 3.92. The van der Waals surface area contributed by atoms with E-state index in [1.165, 1.54) is 0 Å². The molecule has 0 aliphatic rings. The van der Waals surface area contributed by atoms with Gasteiger partial charge in [0.2, 0.25) is 0 Å². The lowest BCUT2D eigenvalue weighted by Crippen LogP contribution is -2.48. The number of carbonyl (C=O) groups is 1. The average molecular weight is 212 g/mol. The highest BCUT2D eigenvalue weighted by Gasteiger charge is 2.22. The largest absolute Gasteiger partial charge is 0.347 e. The molecule has 2 N–H and O–H groups in total. The minimum atomic E-state index is -0.321. The molecule has 0 atom stereocenters. The van der Waals surface area contributed by atoms with Gasteiger partial charge in [-0.05, 0) is 33.2 Å². The molecule has 0 aliphatic heterocycles. The maximum atomic E-state index is 11.5. The SMILES string of the molecule is CN(C)C(C)(C)CNC(=O)c1nn[nH]n1. The van der Waals surface area contributed by atoms with E-state index in [0.717, 1.165) is 0 Å². The molecule has 0 aliphatic carbocycles. The Balaban J connectivity index is 2.48. The summed E-state index contributed by atoms with van der Waals surface area (Å²) < 4.78 is 0. The lowest BCUT2D eigenvalue weighted by atomic mass is 10.0. The summed E-state index contributed by atoms with van der Waals surface area (Å²) in [5, 5.41) is 15.5. The van der Waals surface area contributed by atoms with Crippen LogP contribution in [0.25, 0.3) is 0 Å². The van der Waals surface area contributed by atoms with E-state index in [0.29, 0.717) is 6.54 Å². The van der Waals surface area contributed by atoms with Gasteiger partial charge in [-0.2, -0.15) is 5.21 Å². The zero-order valence-electron chi connectivity index (χ0n) is 9.40. The Morgan fingerprint density at radius 2 is 2.20 bits per heavy atom. The van der Waals surface area contributed by atoms with E-state index in [2.05, 4.69) is 25.9 Å². The molecule has 1 amide bonds. The van der Waals surface area contributed by atoms with Crippen molar-refractivity contribution in [2.45, 2.75) is 19.4 Å². The van der Waals surface area contributed by atoms with Crippen LogP contribution in [0, 0.1) is 0 Å². The molecule has 0 bridgehead atoms. The maximum Gasteiger partial charge on any atom is 0.292 e. The van der Waals surface area contributed by atoms with Crippen molar-refractivity contribution in [3.8, 4) is 0 Å². The lowest BCUT2D eigenvalue weighted by Gasteiger charge is -2.32. The summed E-state index contributed by atoms with van der Waals surface area (Å²) >= 11 is 0. The smallest absolute Gasteiger partial charge is 0.292 e. The number of hydrogen-bond acceptors (Lipinski definition) is 5. The molecule has 84 valence electrons. The Kier molecular flexibility index (Phi) is 3.35. The van der Waals surface area contributed by atoms with E-state index in [1.54, 1.807) is 0 Å². The number of rotatable bonds is 4. The highest BCUT2D eigenvalue weighted by molar-refractivity contribution is 5.90. The Hall–Kier alpha value is -1.50. The highest BCUT2D eigenvalue weighted by atomic mass is 16.2. The third-order valence-corrected chi connectivity index (χ3v) is 2.44. The van der Waals surface area contributed by atoms with Crippen LogP contribution in [0.3, 0.4) is 0 Å². The van der Waals surface area contributed by atoms with Crippen molar-refractivity contribution >= 4 is 5.91 Å². The summed E-state index contributed by atoms with van der Waals surface area (Å²) in [5.41, 5.74) is -0.112. The first-order chi connectivity index (χ1) is 6.93. The molecule has 0 fully saturated rings. The number of aromatic nitrogens is 4. The number of amides is 1. The summed E-state index contributed by atoms with van der Waals surface area (Å²) in [4.78, 5) is 13.5. The molecule has 0 saturated carbocycles. The predicted octanol–water partition coefficient (Wildman–Crippen LogP) is -0.730. The van der Waals surface area contributed by atoms with Crippen LogP contribution in [0.5, 0.6) is 0 Å². The van der Waals surface area contributed by atoms with Gasteiger partial charge in [-0.3, -0.25) is 4.79 Å². The molecule has 7 heteroatoms. The number of nitrogens with one attached hydrogen (secondary N) is 2. The van der Waals surface area contributed by atoms with E-state index in [4.69, 9.17) is 0 Å². The van der Waals surface area contributed by atoms with Crippen LogP contribution in [0.2, 0.25) is 0 Å². The number of likely N-dealkylation sites (N-methyl/N-ethyl adjacent to an activating group) is 1. The Labute approximate surface area is 88.2 Å². The van der Waals surface area contributed by atoms with E-state index >= 15 is 0 Å². The molecule has 0 saturated heterocycles. The van der Waals surface area contributed by atoms with Crippen molar-refractivity contribution in [1.82, 2.24) is 30.8 Å². The fourth-order valence-electron chi connectivity index (χ4n) is 0.792. The fraction of sp³-hybridized carbons (Fsp3) is 0.750. The van der Waals surface area contributed by atoms with Crippen LogP contribution in [0.4, 0.5) is 0 Å². The van der Waals surface area contributed by atoms with Gasteiger partial charge in [0.25, 0.3) is 11.7 Å². The normalized spacial score (nSPS) is 11.8. The van der Waals surface area contributed by atoms with E-state index in [1.807, 2.05) is 32.8 Å². The molecule has 1 aromatic rings. The van der Waals surface area contributed by atoms with Gasteiger partial charge in [0.05, 0.1) is 0 Å². The molecule has 1 rings (SSSR count). The minimum absolute atomic E-state index is 0.0598. The molecular weight excluding hydrogens is 196 g/mol. The first-order valence-electron chi connectivity index (χ1n) is 4.62. The van der Waals surface area contributed by atoms with Crippen LogP contribution < -0.4 is 5.32 Å². The topological polar surface area (TPSA) is 86.8 Å². The molecule has 7 nitrogen and oxygen atoms in total. The van der Waals surface area contributed by atoms with Crippen LogP contribution >= 0.6 is 0 Å². The van der Waals surface area contributed by atoms with Crippen molar-refractivity contribution < 1.29 is 4.79 Å². The zero-order valence-corrected chi connectivity index (χ0v) is 9.40. The molecule has 1 aromatic heterocycles. The fourth-order valence-corrected chi connectivity index (χ4v) is 0.792. The Morgan fingerprint density at radius 1 is 1.53 bits per heavy atom. The first-order valence-corrected chi connectivity index (χ1v) is 4.62. The summed E-state index contributed by atoms with van der Waals surface area (Å²) in [5.74, 6) is -0.261. The van der Waals surface area contributed by atoms with Crippen LogP contribution in [-0.4, -0.2) is 57.6 Å². The molecule has 15 heavy (non-hydrogen) atoms. The van der Waals surface area contributed by atoms with Crippen molar-refractivity contribution in [2.24, 2.45) is 0 Å². The van der Waals surface area contributed by atoms with Gasteiger partial charge < -0.3 is 10.2 Å². The van der Waals surface area contributed by atoms with Crippen molar-refractivity contribution in [3.63, 3.8) is 0 Å². The summed E-state index contributed by atoms with van der Waals surface area (Å²) in [6.07, 6.45) is 0. The van der Waals surface area contributed by atoms with E-state index in [9.17, 15) is 4.79 Å². The Bertz CT molecular complexity index is 318. The van der Waals surface area contributed by atoms with Gasteiger partial charge >= 0.3 is 0 Å². The molecule has 0 aromatic carbocycles. The van der Waals surface area contributed by atoms with Gasteiger partial charge in [0, 0.05) is 12.1 Å². The minimum Gasteiger partial charge on any atom is -0.347 e.